The maximum Gasteiger partial charge on any atom is 0.244 e. The number of benzene rings is 1. The number of carbonyl (C=O) groups is 3. The lowest BCUT2D eigenvalue weighted by Crippen LogP contribution is -2.46. The SMILES string of the molecule is Cc1cc(C)cc(NC(=O)CN2C(=O)CSCC2=O)c1. The van der Waals surface area contributed by atoms with E-state index in [0.29, 0.717) is 5.69 Å². The molecule has 6 heteroatoms. The van der Waals surface area contributed by atoms with E-state index >= 15 is 0 Å². The van der Waals surface area contributed by atoms with Crippen LogP contribution in [-0.4, -0.2) is 40.7 Å². The van der Waals surface area contributed by atoms with Gasteiger partial charge in [0, 0.05) is 5.69 Å². The summed E-state index contributed by atoms with van der Waals surface area (Å²) in [6.45, 7) is 3.67. The van der Waals surface area contributed by atoms with Crippen molar-refractivity contribution in [2.24, 2.45) is 0 Å². The van der Waals surface area contributed by atoms with Crippen molar-refractivity contribution in [2.45, 2.75) is 13.8 Å². The molecule has 1 N–H and O–H groups in total. The van der Waals surface area contributed by atoms with Crippen molar-refractivity contribution in [1.82, 2.24) is 4.90 Å². The topological polar surface area (TPSA) is 66.5 Å². The quantitative estimate of drug-likeness (QED) is 0.854. The lowest BCUT2D eigenvalue weighted by Gasteiger charge is -2.23. The molecule has 0 bridgehead atoms. The molecule has 0 spiro atoms. The molecule has 2 rings (SSSR count). The summed E-state index contributed by atoms with van der Waals surface area (Å²) in [6.07, 6.45) is 0. The van der Waals surface area contributed by atoms with E-state index in [-0.39, 0.29) is 35.8 Å². The van der Waals surface area contributed by atoms with Crippen molar-refractivity contribution in [3.63, 3.8) is 0 Å². The molecule has 1 aliphatic heterocycles. The number of carbonyl (C=O) groups excluding carboxylic acids is 3. The second-order valence-corrected chi connectivity index (χ2v) is 5.78. The number of amides is 3. The summed E-state index contributed by atoms with van der Waals surface area (Å²) in [4.78, 5) is 36.2. The van der Waals surface area contributed by atoms with Gasteiger partial charge in [0.2, 0.25) is 17.7 Å². The van der Waals surface area contributed by atoms with Crippen LogP contribution in [0.1, 0.15) is 11.1 Å². The van der Waals surface area contributed by atoms with E-state index in [2.05, 4.69) is 5.32 Å². The predicted molar refractivity (Wildman–Crippen MR) is 78.6 cm³/mol. The van der Waals surface area contributed by atoms with Gasteiger partial charge in [0.25, 0.3) is 0 Å². The smallest absolute Gasteiger partial charge is 0.244 e. The van der Waals surface area contributed by atoms with Crippen LogP contribution in [0.5, 0.6) is 0 Å². The zero-order valence-electron chi connectivity index (χ0n) is 11.4. The highest BCUT2D eigenvalue weighted by atomic mass is 32.2. The zero-order valence-corrected chi connectivity index (χ0v) is 12.3. The molecule has 3 amide bonds. The average molecular weight is 292 g/mol. The zero-order chi connectivity index (χ0) is 14.7. The maximum atomic E-state index is 11.9. The molecule has 1 fully saturated rings. The Morgan fingerprint density at radius 1 is 1.15 bits per heavy atom. The molecule has 0 atom stereocenters. The van der Waals surface area contributed by atoms with Crippen molar-refractivity contribution >= 4 is 35.2 Å². The first-order valence-electron chi connectivity index (χ1n) is 6.25. The number of hydrogen-bond donors (Lipinski definition) is 1. The second kappa shape index (κ2) is 6.09. The van der Waals surface area contributed by atoms with Crippen molar-refractivity contribution in [3.05, 3.63) is 29.3 Å². The van der Waals surface area contributed by atoms with Crippen LogP contribution < -0.4 is 5.32 Å². The van der Waals surface area contributed by atoms with Gasteiger partial charge in [-0.1, -0.05) is 6.07 Å². The van der Waals surface area contributed by atoms with Crippen LogP contribution in [0.2, 0.25) is 0 Å². The van der Waals surface area contributed by atoms with Crippen molar-refractivity contribution in [1.29, 1.82) is 0 Å². The van der Waals surface area contributed by atoms with Gasteiger partial charge in [0.05, 0.1) is 11.5 Å². The third-order valence-electron chi connectivity index (χ3n) is 2.86. The lowest BCUT2D eigenvalue weighted by atomic mass is 10.1. The van der Waals surface area contributed by atoms with E-state index in [4.69, 9.17) is 0 Å². The molecule has 0 unspecified atom stereocenters. The Morgan fingerprint density at radius 3 is 2.25 bits per heavy atom. The van der Waals surface area contributed by atoms with Gasteiger partial charge in [-0.25, -0.2) is 0 Å². The van der Waals surface area contributed by atoms with Gasteiger partial charge in [-0.15, -0.1) is 11.8 Å². The Morgan fingerprint density at radius 2 is 1.70 bits per heavy atom. The van der Waals surface area contributed by atoms with E-state index in [9.17, 15) is 14.4 Å². The number of hydrogen-bond acceptors (Lipinski definition) is 4. The first kappa shape index (κ1) is 14.6. The number of aryl methyl sites for hydroxylation is 2. The molecule has 0 saturated carbocycles. The molecule has 1 aromatic carbocycles. The molecule has 0 radical (unpaired) electrons. The second-order valence-electron chi connectivity index (χ2n) is 4.79. The Balaban J connectivity index is 2.01. The standard InChI is InChI=1S/C14H16N2O3S/c1-9-3-10(2)5-11(4-9)15-12(17)6-16-13(18)7-20-8-14(16)19/h3-5H,6-8H2,1-2H3,(H,15,17). The van der Waals surface area contributed by atoms with Crippen LogP contribution in [-0.2, 0) is 14.4 Å². The molecule has 1 saturated heterocycles. The molecule has 0 aromatic heterocycles. The van der Waals surface area contributed by atoms with Crippen LogP contribution in [0.4, 0.5) is 5.69 Å². The highest BCUT2D eigenvalue weighted by Crippen LogP contribution is 2.15. The molecular weight excluding hydrogens is 276 g/mol. The van der Waals surface area contributed by atoms with Crippen molar-refractivity contribution in [2.75, 3.05) is 23.4 Å². The van der Waals surface area contributed by atoms with Crippen LogP contribution in [0.15, 0.2) is 18.2 Å². The molecule has 5 nitrogen and oxygen atoms in total. The number of nitrogens with one attached hydrogen (secondary N) is 1. The number of thioether (sulfide) groups is 1. The van der Waals surface area contributed by atoms with Gasteiger partial charge < -0.3 is 5.32 Å². The molecule has 1 aromatic rings. The average Bonchev–Trinajstić information content (AvgIpc) is 2.32. The lowest BCUT2D eigenvalue weighted by molar-refractivity contribution is -0.144. The number of nitrogens with zero attached hydrogens (tertiary/aromatic N) is 1. The molecule has 0 aliphatic carbocycles. The predicted octanol–water partition coefficient (Wildman–Crippen LogP) is 1.34. The van der Waals surface area contributed by atoms with E-state index in [1.54, 1.807) is 0 Å². The van der Waals surface area contributed by atoms with E-state index in [1.165, 1.54) is 11.8 Å². The fourth-order valence-electron chi connectivity index (χ4n) is 2.09. The van der Waals surface area contributed by atoms with Gasteiger partial charge in [-0.05, 0) is 37.1 Å². The molecule has 1 aliphatic rings. The first-order valence-corrected chi connectivity index (χ1v) is 7.40. The molecule has 1 heterocycles. The van der Waals surface area contributed by atoms with Crippen molar-refractivity contribution in [3.8, 4) is 0 Å². The Hall–Kier alpha value is -1.82. The van der Waals surface area contributed by atoms with Gasteiger partial charge in [0.1, 0.15) is 6.54 Å². The minimum absolute atomic E-state index is 0.217. The van der Waals surface area contributed by atoms with E-state index < -0.39 is 0 Å². The summed E-state index contributed by atoms with van der Waals surface area (Å²) in [6, 6.07) is 5.70. The fourth-order valence-corrected chi connectivity index (χ4v) is 2.85. The highest BCUT2D eigenvalue weighted by Gasteiger charge is 2.28. The summed E-state index contributed by atoms with van der Waals surface area (Å²) in [5.41, 5.74) is 2.77. The number of anilines is 1. The van der Waals surface area contributed by atoms with Crippen LogP contribution in [0.3, 0.4) is 0 Å². The Kier molecular flexibility index (Phi) is 4.44. The molecular formula is C14H16N2O3S. The first-order chi connectivity index (χ1) is 9.45. The largest absolute Gasteiger partial charge is 0.325 e. The minimum atomic E-state index is -0.358. The minimum Gasteiger partial charge on any atom is -0.325 e. The summed E-state index contributed by atoms with van der Waals surface area (Å²) < 4.78 is 0. The fraction of sp³-hybridized carbons (Fsp3) is 0.357. The van der Waals surface area contributed by atoms with E-state index in [0.717, 1.165) is 16.0 Å². The normalized spacial score (nSPS) is 15.4. The Bertz CT molecular complexity index is 535. The molecule has 20 heavy (non-hydrogen) atoms. The van der Waals surface area contributed by atoms with Crippen LogP contribution in [0.25, 0.3) is 0 Å². The van der Waals surface area contributed by atoms with Gasteiger partial charge in [-0.2, -0.15) is 0 Å². The summed E-state index contributed by atoms with van der Waals surface area (Å²) in [5, 5.41) is 2.72. The van der Waals surface area contributed by atoms with Gasteiger partial charge in [0.15, 0.2) is 0 Å². The third-order valence-corrected chi connectivity index (χ3v) is 3.76. The Labute approximate surface area is 121 Å². The third kappa shape index (κ3) is 3.60. The number of imide groups is 1. The molecule has 106 valence electrons. The highest BCUT2D eigenvalue weighted by molar-refractivity contribution is 8.00. The van der Waals surface area contributed by atoms with Gasteiger partial charge in [-0.3, -0.25) is 19.3 Å². The van der Waals surface area contributed by atoms with Crippen LogP contribution in [0, 0.1) is 13.8 Å². The van der Waals surface area contributed by atoms with E-state index in [1.807, 2.05) is 32.0 Å². The summed E-state index contributed by atoms with van der Waals surface area (Å²) in [5.74, 6) is -0.460. The number of rotatable bonds is 3. The van der Waals surface area contributed by atoms with Crippen LogP contribution >= 0.6 is 11.8 Å². The summed E-state index contributed by atoms with van der Waals surface area (Å²) in [7, 11) is 0. The van der Waals surface area contributed by atoms with Gasteiger partial charge >= 0.3 is 0 Å². The van der Waals surface area contributed by atoms with Crippen molar-refractivity contribution < 1.29 is 14.4 Å². The monoisotopic (exact) mass is 292 g/mol. The summed E-state index contributed by atoms with van der Waals surface area (Å²) >= 11 is 1.28. The maximum absolute atomic E-state index is 11.9.